The van der Waals surface area contributed by atoms with Crippen LogP contribution >= 0.6 is 0 Å². The number of fused-ring (bicyclic) bond motifs is 1. The van der Waals surface area contributed by atoms with Crippen LogP contribution in [0.5, 0.6) is 0 Å². The van der Waals surface area contributed by atoms with Crippen molar-refractivity contribution in [1.29, 1.82) is 0 Å². The molecule has 0 heterocycles. The molecule has 1 aromatic rings. The molecule has 3 aliphatic carbocycles. The number of carbonyl (C=O) groups excluding carboxylic acids is 2. The largest absolute Gasteiger partial charge is 0.393 e. The second-order valence-corrected chi connectivity index (χ2v) is 7.24. The molecular weight excluding hydrogens is 292 g/mol. The molecule has 3 N–H and O–H groups in total. The maximum atomic E-state index is 12.5. The summed E-state index contributed by atoms with van der Waals surface area (Å²) in [7, 11) is 0. The highest BCUT2D eigenvalue weighted by molar-refractivity contribution is 6.06. The minimum absolute atomic E-state index is 0.0588. The van der Waals surface area contributed by atoms with Gasteiger partial charge in [0.15, 0.2) is 0 Å². The van der Waals surface area contributed by atoms with Crippen molar-refractivity contribution in [2.24, 2.45) is 11.3 Å². The summed E-state index contributed by atoms with van der Waals surface area (Å²) in [5.74, 6) is 0.489. The molecule has 1 aromatic carbocycles. The summed E-state index contributed by atoms with van der Waals surface area (Å²) in [5.41, 5.74) is 1.00. The molecule has 3 aliphatic rings. The first-order chi connectivity index (χ1) is 11.1. The van der Waals surface area contributed by atoms with E-state index in [9.17, 15) is 14.7 Å². The van der Waals surface area contributed by atoms with E-state index in [0.29, 0.717) is 17.2 Å². The molecule has 0 radical (unpaired) electrons. The molecule has 0 aromatic heterocycles. The maximum Gasteiger partial charge on any atom is 0.253 e. The van der Waals surface area contributed by atoms with Crippen molar-refractivity contribution in [2.45, 2.75) is 50.7 Å². The first kappa shape index (κ1) is 14.7. The molecule has 5 heteroatoms. The van der Waals surface area contributed by atoms with Gasteiger partial charge in [0.05, 0.1) is 22.8 Å². The van der Waals surface area contributed by atoms with E-state index in [0.717, 1.165) is 38.5 Å². The second kappa shape index (κ2) is 5.34. The summed E-state index contributed by atoms with van der Waals surface area (Å²) >= 11 is 0. The topological polar surface area (TPSA) is 78.4 Å². The SMILES string of the molecule is O=C(NC1CCC(O)CC1)c1ccccc1NC(=O)C12CC1C2. The Bertz CT molecular complexity index is 643. The van der Waals surface area contributed by atoms with Crippen molar-refractivity contribution < 1.29 is 14.7 Å². The number of amides is 2. The Labute approximate surface area is 135 Å². The van der Waals surface area contributed by atoms with Crippen LogP contribution in [0.1, 0.15) is 48.9 Å². The lowest BCUT2D eigenvalue weighted by atomic mass is 9.93. The zero-order chi connectivity index (χ0) is 16.0. The number of rotatable bonds is 4. The fourth-order valence-corrected chi connectivity index (χ4v) is 3.59. The Morgan fingerprint density at radius 2 is 1.74 bits per heavy atom. The summed E-state index contributed by atoms with van der Waals surface area (Å²) in [6.45, 7) is 0. The van der Waals surface area contributed by atoms with E-state index in [1.807, 2.05) is 12.1 Å². The van der Waals surface area contributed by atoms with Gasteiger partial charge in [-0.15, -0.1) is 0 Å². The zero-order valence-electron chi connectivity index (χ0n) is 13.0. The monoisotopic (exact) mass is 314 g/mol. The molecule has 0 bridgehead atoms. The number of benzene rings is 1. The molecule has 5 nitrogen and oxygen atoms in total. The lowest BCUT2D eigenvalue weighted by Crippen LogP contribution is -2.39. The third kappa shape index (κ3) is 2.74. The van der Waals surface area contributed by atoms with E-state index in [4.69, 9.17) is 0 Å². The van der Waals surface area contributed by atoms with Gasteiger partial charge in [-0.3, -0.25) is 9.59 Å². The second-order valence-electron chi connectivity index (χ2n) is 7.24. The Hall–Kier alpha value is -1.88. The van der Waals surface area contributed by atoms with Crippen molar-refractivity contribution in [3.8, 4) is 0 Å². The van der Waals surface area contributed by atoms with E-state index in [1.165, 1.54) is 0 Å². The highest BCUT2D eigenvalue weighted by Gasteiger charge is 2.74. The standard InChI is InChI=1S/C18H22N2O3/c21-13-7-5-12(6-8-13)19-16(22)14-3-1-2-4-15(14)20-17(23)18-9-11(18)10-18/h1-4,11-13,21H,5-10H2,(H,19,22)(H,20,23). The van der Waals surface area contributed by atoms with Gasteiger partial charge in [-0.05, 0) is 56.6 Å². The van der Waals surface area contributed by atoms with Gasteiger partial charge in [0.2, 0.25) is 5.91 Å². The van der Waals surface area contributed by atoms with E-state index in [2.05, 4.69) is 10.6 Å². The Morgan fingerprint density at radius 3 is 2.39 bits per heavy atom. The van der Waals surface area contributed by atoms with Crippen molar-refractivity contribution in [3.63, 3.8) is 0 Å². The van der Waals surface area contributed by atoms with E-state index in [1.54, 1.807) is 12.1 Å². The minimum Gasteiger partial charge on any atom is -0.393 e. The molecule has 122 valence electrons. The number of hydrogen-bond acceptors (Lipinski definition) is 3. The highest BCUT2D eigenvalue weighted by Crippen LogP contribution is 2.75. The van der Waals surface area contributed by atoms with Crippen LogP contribution in [-0.4, -0.2) is 29.1 Å². The Balaban J connectivity index is 1.43. The van der Waals surface area contributed by atoms with Crippen LogP contribution in [-0.2, 0) is 4.79 Å². The average Bonchev–Trinajstić information content (AvgIpc) is 3.40. The van der Waals surface area contributed by atoms with Crippen molar-refractivity contribution in [1.82, 2.24) is 5.32 Å². The van der Waals surface area contributed by atoms with E-state index < -0.39 is 0 Å². The Kier molecular flexibility index (Phi) is 3.41. The number of aliphatic hydroxyl groups is 1. The normalized spacial score (nSPS) is 34.2. The number of nitrogens with one attached hydrogen (secondary N) is 2. The maximum absolute atomic E-state index is 12.5. The highest BCUT2D eigenvalue weighted by atomic mass is 16.3. The number of carbonyl (C=O) groups is 2. The quantitative estimate of drug-likeness (QED) is 0.796. The van der Waals surface area contributed by atoms with Gasteiger partial charge in [0, 0.05) is 6.04 Å². The smallest absolute Gasteiger partial charge is 0.253 e. The summed E-state index contributed by atoms with van der Waals surface area (Å²) in [4.78, 5) is 24.8. The molecule has 23 heavy (non-hydrogen) atoms. The minimum atomic E-state index is -0.237. The molecule has 3 saturated carbocycles. The molecule has 2 amide bonds. The fraction of sp³-hybridized carbons (Fsp3) is 0.556. The molecule has 3 fully saturated rings. The summed E-state index contributed by atoms with van der Waals surface area (Å²) < 4.78 is 0. The molecule has 0 spiro atoms. The summed E-state index contributed by atoms with van der Waals surface area (Å²) in [6.07, 6.45) is 4.81. The predicted octanol–water partition coefficient (Wildman–Crippen LogP) is 2.07. The summed E-state index contributed by atoms with van der Waals surface area (Å²) in [6, 6.07) is 7.28. The molecule has 0 atom stereocenters. The number of para-hydroxylation sites is 1. The van der Waals surface area contributed by atoms with Gasteiger partial charge in [-0.25, -0.2) is 0 Å². The molecule has 0 unspecified atom stereocenters. The van der Waals surface area contributed by atoms with Gasteiger partial charge < -0.3 is 15.7 Å². The van der Waals surface area contributed by atoms with Crippen LogP contribution in [0.4, 0.5) is 5.69 Å². The number of anilines is 1. The lowest BCUT2D eigenvalue weighted by Gasteiger charge is -2.26. The van der Waals surface area contributed by atoms with Crippen molar-refractivity contribution in [2.75, 3.05) is 5.32 Å². The van der Waals surface area contributed by atoms with E-state index >= 15 is 0 Å². The predicted molar refractivity (Wildman–Crippen MR) is 86.0 cm³/mol. The first-order valence-corrected chi connectivity index (χ1v) is 8.48. The van der Waals surface area contributed by atoms with Gasteiger partial charge in [-0.2, -0.15) is 0 Å². The van der Waals surface area contributed by atoms with E-state index in [-0.39, 0.29) is 29.4 Å². The van der Waals surface area contributed by atoms with Crippen LogP contribution < -0.4 is 10.6 Å². The third-order valence-corrected chi connectivity index (χ3v) is 5.59. The van der Waals surface area contributed by atoms with Crippen LogP contribution in [0.15, 0.2) is 24.3 Å². The Morgan fingerprint density at radius 1 is 1.09 bits per heavy atom. The van der Waals surface area contributed by atoms with Crippen LogP contribution in [0.3, 0.4) is 0 Å². The van der Waals surface area contributed by atoms with Crippen LogP contribution in [0.25, 0.3) is 0 Å². The van der Waals surface area contributed by atoms with Crippen LogP contribution in [0.2, 0.25) is 0 Å². The number of aliphatic hydroxyl groups excluding tert-OH is 1. The van der Waals surface area contributed by atoms with Gasteiger partial charge >= 0.3 is 0 Å². The molecular formula is C18H22N2O3. The van der Waals surface area contributed by atoms with Gasteiger partial charge in [0.25, 0.3) is 5.91 Å². The van der Waals surface area contributed by atoms with Crippen molar-refractivity contribution in [3.05, 3.63) is 29.8 Å². The van der Waals surface area contributed by atoms with Gasteiger partial charge in [0.1, 0.15) is 0 Å². The van der Waals surface area contributed by atoms with Crippen molar-refractivity contribution >= 4 is 17.5 Å². The number of hydrogen-bond donors (Lipinski definition) is 3. The third-order valence-electron chi connectivity index (χ3n) is 5.59. The molecule has 0 saturated heterocycles. The molecule has 4 rings (SSSR count). The fourth-order valence-electron chi connectivity index (χ4n) is 3.59. The first-order valence-electron chi connectivity index (χ1n) is 8.48. The van der Waals surface area contributed by atoms with Gasteiger partial charge in [-0.1, -0.05) is 12.1 Å². The van der Waals surface area contributed by atoms with Crippen LogP contribution in [0, 0.1) is 11.3 Å². The lowest BCUT2D eigenvalue weighted by molar-refractivity contribution is -0.119. The molecule has 0 aliphatic heterocycles. The average molecular weight is 314 g/mol. The zero-order valence-corrected chi connectivity index (χ0v) is 13.0. The summed E-state index contributed by atoms with van der Waals surface area (Å²) in [5, 5.41) is 15.5.